The number of esters is 1. The summed E-state index contributed by atoms with van der Waals surface area (Å²) >= 11 is 0. The molecule has 0 aliphatic carbocycles. The zero-order valence-corrected chi connectivity index (χ0v) is 27.1. The minimum Gasteiger partial charge on any atom is -0.481 e. The van der Waals surface area contributed by atoms with Crippen molar-refractivity contribution in [3.8, 4) is 5.75 Å². The van der Waals surface area contributed by atoms with Gasteiger partial charge in [-0.2, -0.15) is 0 Å². The van der Waals surface area contributed by atoms with E-state index in [2.05, 4.69) is 0 Å². The van der Waals surface area contributed by atoms with E-state index in [1.807, 2.05) is 30.3 Å². The molecular formula is C33H44N2O10. The summed E-state index contributed by atoms with van der Waals surface area (Å²) in [6, 6.07) is 9.20. The maximum atomic E-state index is 14.2. The number of amides is 2. The highest BCUT2D eigenvalue weighted by atomic mass is 16.7. The Hall–Kier alpha value is -3.90. The Kier molecular flexibility index (Phi) is 10.6. The predicted octanol–water partition coefficient (Wildman–Crippen LogP) is 5.01. The first-order chi connectivity index (χ1) is 21.1. The molecule has 0 N–H and O–H groups in total. The van der Waals surface area contributed by atoms with Crippen LogP contribution in [0, 0.1) is 0 Å². The molecule has 2 aliphatic rings. The van der Waals surface area contributed by atoms with E-state index < -0.39 is 53.1 Å². The smallest absolute Gasteiger partial charge is 0.412 e. The molecule has 1 aromatic carbocycles. The monoisotopic (exact) mass is 628 g/mol. The number of nitrogens with zero attached hydrogens (tertiary/aromatic N) is 2. The minimum atomic E-state index is -1.17. The lowest BCUT2D eigenvalue weighted by Gasteiger charge is -2.31. The van der Waals surface area contributed by atoms with Gasteiger partial charge in [-0.25, -0.2) is 9.59 Å². The van der Waals surface area contributed by atoms with Crippen molar-refractivity contribution in [3.05, 3.63) is 63.7 Å². The summed E-state index contributed by atoms with van der Waals surface area (Å²) in [5.41, 5.74) is -1.52. The molecule has 12 heteroatoms. The van der Waals surface area contributed by atoms with Gasteiger partial charge in [0.25, 0.3) is 5.91 Å². The van der Waals surface area contributed by atoms with Gasteiger partial charge in [-0.1, -0.05) is 30.3 Å². The van der Waals surface area contributed by atoms with Gasteiger partial charge in [0.15, 0.2) is 12.3 Å². The highest BCUT2D eigenvalue weighted by Gasteiger charge is 2.49. The van der Waals surface area contributed by atoms with Crippen LogP contribution in [0.4, 0.5) is 4.79 Å². The number of hydrogen-bond acceptors (Lipinski definition) is 10. The van der Waals surface area contributed by atoms with Crippen LogP contribution in [-0.4, -0.2) is 70.6 Å². The van der Waals surface area contributed by atoms with Crippen LogP contribution < -0.4 is 10.2 Å². The molecule has 246 valence electrons. The fourth-order valence-electron chi connectivity index (χ4n) is 5.00. The summed E-state index contributed by atoms with van der Waals surface area (Å²) in [5, 5.41) is 0. The van der Waals surface area contributed by atoms with Crippen molar-refractivity contribution in [3.63, 3.8) is 0 Å². The standard InChI is InChI=1S/C33H44N2O10/c1-21-34(18-24(30(38)44-32(2,3)4)35(21)31(39)45-33(5,6)7)29(37)28-27(42-19-22-13-9-8-10-14-22)25(36)17-23(43-28)20-41-26-15-11-12-16-40-26/h8-10,13-14,17,21,24,26H,11-12,15-16,18-20H2,1-7H3. The lowest BCUT2D eigenvalue weighted by Crippen LogP contribution is -2.49. The molecule has 1 aromatic heterocycles. The lowest BCUT2D eigenvalue weighted by molar-refractivity contribution is -0.171. The summed E-state index contributed by atoms with van der Waals surface area (Å²) < 4.78 is 34.5. The number of benzene rings is 1. The molecule has 2 aromatic rings. The normalized spacial score (nSPS) is 20.6. The third kappa shape index (κ3) is 9.07. The van der Waals surface area contributed by atoms with Crippen molar-refractivity contribution in [1.82, 2.24) is 9.80 Å². The minimum absolute atomic E-state index is 0.00222. The maximum Gasteiger partial charge on any atom is 0.412 e. The van der Waals surface area contributed by atoms with Crippen molar-refractivity contribution < 1.29 is 42.5 Å². The summed E-state index contributed by atoms with van der Waals surface area (Å²) in [5.74, 6) is -2.02. The Bertz CT molecular complexity index is 1400. The largest absolute Gasteiger partial charge is 0.481 e. The molecular weight excluding hydrogens is 584 g/mol. The van der Waals surface area contributed by atoms with E-state index in [-0.39, 0.29) is 37.0 Å². The summed E-state index contributed by atoms with van der Waals surface area (Å²) in [6.45, 7) is 12.1. The topological polar surface area (TPSA) is 134 Å². The molecule has 3 atom stereocenters. The molecule has 45 heavy (non-hydrogen) atoms. The van der Waals surface area contributed by atoms with Gasteiger partial charge in [-0.05, 0) is 73.3 Å². The van der Waals surface area contributed by atoms with Gasteiger partial charge >= 0.3 is 12.1 Å². The van der Waals surface area contributed by atoms with Crippen LogP contribution in [0.3, 0.4) is 0 Å². The fraction of sp³-hybridized carbons (Fsp3) is 0.576. The van der Waals surface area contributed by atoms with E-state index in [1.165, 1.54) is 15.9 Å². The average molecular weight is 629 g/mol. The van der Waals surface area contributed by atoms with Crippen molar-refractivity contribution >= 4 is 18.0 Å². The summed E-state index contributed by atoms with van der Waals surface area (Å²) in [6.07, 6.45) is 0.384. The maximum absolute atomic E-state index is 14.2. The lowest BCUT2D eigenvalue weighted by atomic mass is 10.2. The van der Waals surface area contributed by atoms with Crippen molar-refractivity contribution in [1.29, 1.82) is 0 Å². The Morgan fingerprint density at radius 1 is 0.956 bits per heavy atom. The van der Waals surface area contributed by atoms with Crippen LogP contribution in [0.15, 0.2) is 45.6 Å². The number of carbonyl (C=O) groups excluding carboxylic acids is 3. The van der Waals surface area contributed by atoms with Gasteiger partial charge < -0.3 is 33.0 Å². The molecule has 3 heterocycles. The van der Waals surface area contributed by atoms with E-state index in [9.17, 15) is 19.2 Å². The first-order valence-electron chi connectivity index (χ1n) is 15.2. The van der Waals surface area contributed by atoms with Crippen molar-refractivity contribution in [2.45, 2.75) is 111 Å². The van der Waals surface area contributed by atoms with Crippen LogP contribution in [0.2, 0.25) is 0 Å². The Balaban J connectivity index is 1.68. The van der Waals surface area contributed by atoms with Crippen LogP contribution in [0.5, 0.6) is 5.75 Å². The summed E-state index contributed by atoms with van der Waals surface area (Å²) in [7, 11) is 0. The summed E-state index contributed by atoms with van der Waals surface area (Å²) in [4.78, 5) is 56.7. The van der Waals surface area contributed by atoms with E-state index in [0.29, 0.717) is 13.0 Å². The zero-order valence-electron chi connectivity index (χ0n) is 27.1. The van der Waals surface area contributed by atoms with Gasteiger partial charge in [0.2, 0.25) is 16.9 Å². The molecule has 3 unspecified atom stereocenters. The molecule has 2 saturated heterocycles. The van der Waals surface area contributed by atoms with Crippen LogP contribution in [-0.2, 0) is 37.0 Å². The van der Waals surface area contributed by atoms with Gasteiger partial charge in [0.05, 0.1) is 6.54 Å². The number of hydrogen-bond donors (Lipinski definition) is 0. The van der Waals surface area contributed by atoms with E-state index in [0.717, 1.165) is 18.4 Å². The highest BCUT2D eigenvalue weighted by molar-refractivity contribution is 5.96. The zero-order chi connectivity index (χ0) is 32.9. The third-order valence-electron chi connectivity index (χ3n) is 7.03. The predicted molar refractivity (Wildman–Crippen MR) is 162 cm³/mol. The highest BCUT2D eigenvalue weighted by Crippen LogP contribution is 2.30. The average Bonchev–Trinajstić information content (AvgIpc) is 3.31. The molecule has 12 nitrogen and oxygen atoms in total. The molecule has 0 bridgehead atoms. The van der Waals surface area contributed by atoms with Crippen molar-refractivity contribution in [2.24, 2.45) is 0 Å². The second kappa shape index (κ2) is 14.0. The van der Waals surface area contributed by atoms with E-state index in [4.69, 9.17) is 28.1 Å². The van der Waals surface area contributed by atoms with Gasteiger partial charge in [0.1, 0.15) is 36.3 Å². The van der Waals surface area contributed by atoms with Gasteiger partial charge in [-0.3, -0.25) is 14.5 Å². The SMILES string of the molecule is CC1N(C(=O)c2oc(COC3CCCCO3)cc(=O)c2OCc2ccccc2)CC(C(=O)OC(C)(C)C)N1C(=O)OC(C)(C)C. The molecule has 0 spiro atoms. The van der Waals surface area contributed by atoms with E-state index in [1.54, 1.807) is 48.5 Å². The molecule has 2 aliphatic heterocycles. The van der Waals surface area contributed by atoms with E-state index >= 15 is 0 Å². The molecule has 0 radical (unpaired) electrons. The Morgan fingerprint density at radius 2 is 1.64 bits per heavy atom. The Labute approximate surface area is 263 Å². The van der Waals surface area contributed by atoms with Gasteiger partial charge in [-0.15, -0.1) is 0 Å². The van der Waals surface area contributed by atoms with Crippen LogP contribution >= 0.6 is 0 Å². The number of ether oxygens (including phenoxy) is 5. The fourth-order valence-corrected chi connectivity index (χ4v) is 5.00. The first-order valence-corrected chi connectivity index (χ1v) is 15.2. The second-order valence-corrected chi connectivity index (χ2v) is 13.1. The quantitative estimate of drug-likeness (QED) is 0.367. The molecule has 0 saturated carbocycles. The Morgan fingerprint density at radius 3 is 2.27 bits per heavy atom. The van der Waals surface area contributed by atoms with Crippen LogP contribution in [0.1, 0.15) is 89.6 Å². The first kappa shape index (κ1) is 34.0. The molecule has 2 amide bonds. The van der Waals surface area contributed by atoms with Gasteiger partial charge in [0, 0.05) is 12.7 Å². The molecule has 2 fully saturated rings. The van der Waals surface area contributed by atoms with Crippen LogP contribution in [0.25, 0.3) is 0 Å². The number of carbonyl (C=O) groups is 3. The number of rotatable bonds is 8. The third-order valence-corrected chi connectivity index (χ3v) is 7.03. The second-order valence-electron chi connectivity index (χ2n) is 13.1. The molecule has 4 rings (SSSR count). The van der Waals surface area contributed by atoms with Crippen molar-refractivity contribution in [2.75, 3.05) is 13.2 Å².